The molecule has 9 heteroatoms. The van der Waals surface area contributed by atoms with Gasteiger partial charge in [0.1, 0.15) is 11.5 Å². The molecular formula is C27H23N7OS. The van der Waals surface area contributed by atoms with Gasteiger partial charge in [-0.1, -0.05) is 12.1 Å². The molecule has 0 unspecified atom stereocenters. The van der Waals surface area contributed by atoms with Gasteiger partial charge in [-0.2, -0.15) is 4.98 Å². The lowest BCUT2D eigenvalue weighted by Gasteiger charge is -2.15. The second-order valence-electron chi connectivity index (χ2n) is 8.70. The number of hydrogen-bond acceptors (Lipinski definition) is 8. The number of aromatic nitrogens is 5. The molecule has 0 fully saturated rings. The van der Waals surface area contributed by atoms with Gasteiger partial charge in [-0.05, 0) is 60.7 Å². The van der Waals surface area contributed by atoms with Crippen molar-refractivity contribution in [2.45, 2.75) is 13.8 Å². The predicted octanol–water partition coefficient (Wildman–Crippen LogP) is 5.56. The molecule has 36 heavy (non-hydrogen) atoms. The van der Waals surface area contributed by atoms with E-state index in [1.54, 1.807) is 42.4 Å². The van der Waals surface area contributed by atoms with Crippen LogP contribution >= 0.6 is 11.3 Å². The van der Waals surface area contributed by atoms with Gasteiger partial charge in [-0.15, -0.1) is 11.3 Å². The fraction of sp³-hybridized carbons (Fsp3) is 0.148. The number of anilines is 3. The Morgan fingerprint density at radius 1 is 0.972 bits per heavy atom. The smallest absolute Gasteiger partial charge is 0.259 e. The van der Waals surface area contributed by atoms with Gasteiger partial charge < -0.3 is 10.6 Å². The van der Waals surface area contributed by atoms with Gasteiger partial charge in [0, 0.05) is 48.5 Å². The summed E-state index contributed by atoms with van der Waals surface area (Å²) in [5.41, 5.74) is 4.82. The maximum absolute atomic E-state index is 13.5. The molecule has 8 nitrogen and oxygen atoms in total. The van der Waals surface area contributed by atoms with Crippen molar-refractivity contribution < 1.29 is 0 Å². The lowest BCUT2D eigenvalue weighted by molar-refractivity contribution is 0.886. The summed E-state index contributed by atoms with van der Waals surface area (Å²) in [6, 6.07) is 14.1. The van der Waals surface area contributed by atoms with Crippen LogP contribution < -0.4 is 16.2 Å². The molecule has 0 saturated heterocycles. The first-order chi connectivity index (χ1) is 17.4. The minimum Gasteiger partial charge on any atom is -0.357 e. The molecule has 178 valence electrons. The Labute approximate surface area is 210 Å². The summed E-state index contributed by atoms with van der Waals surface area (Å²) in [5, 5.41) is 10.1. The molecule has 0 aliphatic rings. The molecule has 4 aromatic heterocycles. The molecule has 2 aromatic carbocycles. The summed E-state index contributed by atoms with van der Waals surface area (Å²) in [5.74, 6) is 1.19. The summed E-state index contributed by atoms with van der Waals surface area (Å²) in [7, 11) is 3.49. The highest BCUT2D eigenvalue weighted by Crippen LogP contribution is 2.35. The van der Waals surface area contributed by atoms with E-state index in [4.69, 9.17) is 0 Å². The van der Waals surface area contributed by atoms with Crippen LogP contribution in [-0.2, 0) is 7.05 Å². The molecule has 0 saturated carbocycles. The molecule has 2 N–H and O–H groups in total. The topological polar surface area (TPSA) is 97.6 Å². The maximum atomic E-state index is 13.5. The summed E-state index contributed by atoms with van der Waals surface area (Å²) in [4.78, 5) is 31.6. The van der Waals surface area contributed by atoms with Gasteiger partial charge in [0.05, 0.1) is 15.2 Å². The van der Waals surface area contributed by atoms with E-state index >= 15 is 0 Å². The Hall–Kier alpha value is -4.37. The highest BCUT2D eigenvalue weighted by Gasteiger charge is 2.17. The second kappa shape index (κ2) is 8.39. The molecule has 6 aromatic rings. The second-order valence-corrected chi connectivity index (χ2v) is 9.93. The average molecular weight is 494 g/mol. The molecule has 0 spiro atoms. The van der Waals surface area contributed by atoms with Crippen LogP contribution in [0.2, 0.25) is 0 Å². The van der Waals surface area contributed by atoms with E-state index in [0.29, 0.717) is 17.2 Å². The molecule has 0 amide bonds. The van der Waals surface area contributed by atoms with Gasteiger partial charge in [0.15, 0.2) is 0 Å². The lowest BCUT2D eigenvalue weighted by Crippen LogP contribution is -2.20. The van der Waals surface area contributed by atoms with Crippen LogP contribution in [0.15, 0.2) is 59.7 Å². The monoisotopic (exact) mass is 493 g/mol. The number of pyridine rings is 2. The van der Waals surface area contributed by atoms with E-state index in [-0.39, 0.29) is 5.56 Å². The van der Waals surface area contributed by atoms with Crippen molar-refractivity contribution >= 4 is 60.8 Å². The van der Waals surface area contributed by atoms with Gasteiger partial charge in [-0.3, -0.25) is 9.36 Å². The lowest BCUT2D eigenvalue weighted by atomic mass is 9.94. The number of rotatable bonds is 4. The van der Waals surface area contributed by atoms with Crippen molar-refractivity contribution in [3.63, 3.8) is 0 Å². The number of thiazole rings is 1. The molecule has 4 heterocycles. The zero-order valence-corrected chi connectivity index (χ0v) is 21.1. The van der Waals surface area contributed by atoms with Crippen LogP contribution in [0.1, 0.15) is 10.6 Å². The minimum atomic E-state index is -0.116. The Kier molecular flexibility index (Phi) is 5.15. The third-order valence-electron chi connectivity index (χ3n) is 6.35. The molecular weight excluding hydrogens is 470 g/mol. The highest BCUT2D eigenvalue weighted by atomic mass is 32.1. The van der Waals surface area contributed by atoms with Crippen LogP contribution in [0.3, 0.4) is 0 Å². The Balaban J connectivity index is 1.52. The largest absolute Gasteiger partial charge is 0.357 e. The maximum Gasteiger partial charge on any atom is 0.259 e. The van der Waals surface area contributed by atoms with E-state index in [1.807, 2.05) is 50.2 Å². The standard InChI is InChI=1S/C27H23N7OS/c1-14-5-7-19-18(9-10-29-24(19)32-17-6-8-22-21(12-17)31-15(2)36-22)23(14)20-11-16-13-30-27(28-3)33-25(16)34(4)26(20)35/h5-13H,1-4H3,(H,29,32)(H,28,30,33). The summed E-state index contributed by atoms with van der Waals surface area (Å²) >= 11 is 1.68. The number of nitrogens with one attached hydrogen (secondary N) is 2. The first kappa shape index (κ1) is 22.1. The van der Waals surface area contributed by atoms with Crippen molar-refractivity contribution in [1.29, 1.82) is 0 Å². The predicted molar refractivity (Wildman–Crippen MR) is 147 cm³/mol. The number of hydrogen-bond donors (Lipinski definition) is 2. The zero-order valence-electron chi connectivity index (χ0n) is 20.2. The highest BCUT2D eigenvalue weighted by molar-refractivity contribution is 7.18. The summed E-state index contributed by atoms with van der Waals surface area (Å²) in [6.45, 7) is 4.03. The van der Waals surface area contributed by atoms with E-state index in [9.17, 15) is 4.79 Å². The molecule has 0 radical (unpaired) electrons. The number of aryl methyl sites for hydroxylation is 3. The van der Waals surface area contributed by atoms with Gasteiger partial charge in [0.2, 0.25) is 5.95 Å². The van der Waals surface area contributed by atoms with E-state index in [1.165, 1.54) is 0 Å². The minimum absolute atomic E-state index is 0.116. The first-order valence-electron chi connectivity index (χ1n) is 11.5. The third kappa shape index (κ3) is 3.56. The molecule has 0 bridgehead atoms. The number of benzene rings is 2. The Morgan fingerprint density at radius 2 is 1.83 bits per heavy atom. The third-order valence-corrected chi connectivity index (χ3v) is 7.30. The van der Waals surface area contributed by atoms with Crippen molar-refractivity contribution in [1.82, 2.24) is 24.5 Å². The van der Waals surface area contributed by atoms with Gasteiger partial charge in [-0.25, -0.2) is 15.0 Å². The molecule has 0 aliphatic heterocycles. The molecule has 0 aliphatic carbocycles. The number of fused-ring (bicyclic) bond motifs is 3. The average Bonchev–Trinajstić information content (AvgIpc) is 3.25. The van der Waals surface area contributed by atoms with E-state index in [2.05, 4.69) is 36.6 Å². The molecule has 6 rings (SSSR count). The quantitative estimate of drug-likeness (QED) is 0.332. The van der Waals surface area contributed by atoms with Crippen molar-refractivity contribution in [2.75, 3.05) is 17.7 Å². The fourth-order valence-corrected chi connectivity index (χ4v) is 5.43. The number of nitrogens with zero attached hydrogens (tertiary/aromatic N) is 5. The van der Waals surface area contributed by atoms with Crippen LogP contribution in [0.25, 0.3) is 43.1 Å². The Bertz CT molecular complexity index is 1870. The Morgan fingerprint density at radius 3 is 2.67 bits per heavy atom. The van der Waals surface area contributed by atoms with Crippen LogP contribution in [0, 0.1) is 13.8 Å². The van der Waals surface area contributed by atoms with Crippen molar-refractivity contribution in [2.24, 2.45) is 7.05 Å². The zero-order chi connectivity index (χ0) is 25.0. The van der Waals surface area contributed by atoms with Crippen LogP contribution in [-0.4, -0.2) is 31.6 Å². The van der Waals surface area contributed by atoms with Crippen LogP contribution in [0.4, 0.5) is 17.5 Å². The van der Waals surface area contributed by atoms with E-state index in [0.717, 1.165) is 54.0 Å². The van der Waals surface area contributed by atoms with Gasteiger partial charge in [0.25, 0.3) is 5.56 Å². The summed E-state index contributed by atoms with van der Waals surface area (Å²) in [6.07, 6.45) is 3.51. The van der Waals surface area contributed by atoms with Crippen LogP contribution in [0.5, 0.6) is 0 Å². The van der Waals surface area contributed by atoms with Crippen molar-refractivity contribution in [3.8, 4) is 11.1 Å². The van der Waals surface area contributed by atoms with E-state index < -0.39 is 0 Å². The SMILES string of the molecule is CNc1ncc2cc(-c3c(C)ccc4c(Nc5ccc6sc(C)nc6c5)nccc34)c(=O)n(C)c2n1. The summed E-state index contributed by atoms with van der Waals surface area (Å²) < 4.78 is 2.73. The first-order valence-corrected chi connectivity index (χ1v) is 12.3. The fourth-order valence-electron chi connectivity index (χ4n) is 4.62. The molecule has 0 atom stereocenters. The van der Waals surface area contributed by atoms with Gasteiger partial charge >= 0.3 is 0 Å². The van der Waals surface area contributed by atoms with Crippen molar-refractivity contribution in [3.05, 3.63) is 75.8 Å². The normalized spacial score (nSPS) is 11.4.